The maximum Gasteiger partial charge on any atom is 0.230 e. The van der Waals surface area contributed by atoms with Gasteiger partial charge in [0.05, 0.1) is 0 Å². The van der Waals surface area contributed by atoms with Crippen molar-refractivity contribution in [2.24, 2.45) is 23.7 Å². The summed E-state index contributed by atoms with van der Waals surface area (Å²) in [7, 11) is -2.63. The van der Waals surface area contributed by atoms with Gasteiger partial charge in [0.2, 0.25) is 6.85 Å². The molecule has 0 aromatic carbocycles. The molecular formula is C28H54BNSi2. The van der Waals surface area contributed by atoms with Gasteiger partial charge < -0.3 is 4.81 Å². The van der Waals surface area contributed by atoms with Gasteiger partial charge in [-0.25, -0.2) is 0 Å². The molecule has 5 aliphatic rings. The van der Waals surface area contributed by atoms with E-state index in [4.69, 9.17) is 0 Å². The van der Waals surface area contributed by atoms with Crippen molar-refractivity contribution >= 4 is 22.0 Å². The summed E-state index contributed by atoms with van der Waals surface area (Å²) >= 11 is 0. The van der Waals surface area contributed by atoms with Crippen molar-refractivity contribution in [3.05, 3.63) is 0 Å². The first-order valence-corrected chi connectivity index (χ1v) is 22.0. The van der Waals surface area contributed by atoms with Crippen LogP contribution in [0.3, 0.4) is 0 Å². The molecule has 1 nitrogen and oxygen atoms in total. The third-order valence-electron chi connectivity index (χ3n) is 12.7. The summed E-state index contributed by atoms with van der Waals surface area (Å²) in [6.07, 6.45) is 15.7. The van der Waals surface area contributed by atoms with Crippen molar-refractivity contribution in [1.82, 2.24) is 4.81 Å². The Morgan fingerprint density at radius 2 is 1.00 bits per heavy atom. The first-order valence-electron chi connectivity index (χ1n) is 14.8. The molecule has 1 saturated heterocycles. The predicted octanol–water partition coefficient (Wildman–Crippen LogP) is 8.51. The smallest absolute Gasteiger partial charge is 0.230 e. The van der Waals surface area contributed by atoms with Crippen molar-refractivity contribution in [3.63, 3.8) is 0 Å². The molecule has 4 heteroatoms. The Labute approximate surface area is 203 Å². The first kappa shape index (κ1) is 24.2. The van der Waals surface area contributed by atoms with E-state index in [1.807, 2.05) is 0 Å². The third-order valence-corrected chi connectivity index (χ3v) is 33.0. The van der Waals surface area contributed by atoms with Gasteiger partial charge in [-0.1, -0.05) is 118 Å². The van der Waals surface area contributed by atoms with Crippen molar-refractivity contribution < 1.29 is 0 Å². The summed E-state index contributed by atoms with van der Waals surface area (Å²) < 4.78 is 0. The van der Waals surface area contributed by atoms with Gasteiger partial charge in [-0.3, -0.25) is 0 Å². The van der Waals surface area contributed by atoms with Crippen LogP contribution in [0.25, 0.3) is 0 Å². The van der Waals surface area contributed by atoms with Crippen LogP contribution in [0.2, 0.25) is 48.9 Å². The summed E-state index contributed by atoms with van der Waals surface area (Å²) in [5.41, 5.74) is 2.26. The highest BCUT2D eigenvalue weighted by Crippen LogP contribution is 2.72. The molecule has 4 aliphatic carbocycles. The molecule has 5 rings (SSSR count). The minimum absolute atomic E-state index is 0.694. The fourth-order valence-electron chi connectivity index (χ4n) is 11.4. The zero-order chi connectivity index (χ0) is 23.0. The molecule has 0 bridgehead atoms. The quantitative estimate of drug-likeness (QED) is 0.373. The number of fused-ring (bicyclic) bond motifs is 6. The standard InChI is InChI=1S/C28H54BNSi2/c1-19(2)30(20(3)4)29-25-17-21-13-9-11-15-23(21)27(25)31(5,6)32(7,8)28-24-16-12-10-14-22(24)18-26(28)29/h19-28H,9-18H2,1-8H3/t21?,22?,23-,24-,25?,26?,27?,28?/m1/s1. The average Bonchev–Trinajstić information content (AvgIpc) is 3.28. The van der Waals surface area contributed by atoms with E-state index >= 15 is 0 Å². The van der Waals surface area contributed by atoms with Crippen LogP contribution in [0.15, 0.2) is 0 Å². The van der Waals surface area contributed by atoms with Gasteiger partial charge in [0.25, 0.3) is 0 Å². The third kappa shape index (κ3) is 3.46. The fraction of sp³-hybridized carbons (Fsp3) is 1.00. The SMILES string of the molecule is CC(C)N(B1C2CC3CCCC[C@H]3C2[Si](C)(C)[Si](C)(C)C2C1CC1CCCC[C@H]12)C(C)C. The molecule has 8 atom stereocenters. The molecule has 182 valence electrons. The zero-order valence-corrected chi connectivity index (χ0v) is 24.9. The number of nitrogens with zero attached hydrogens (tertiary/aromatic N) is 1. The van der Waals surface area contributed by atoms with Gasteiger partial charge >= 0.3 is 0 Å². The minimum atomic E-state index is -1.31. The topological polar surface area (TPSA) is 3.24 Å². The highest BCUT2D eigenvalue weighted by molar-refractivity contribution is 7.42. The average molecular weight is 472 g/mol. The van der Waals surface area contributed by atoms with E-state index in [2.05, 4.69) is 58.7 Å². The molecule has 5 fully saturated rings. The number of rotatable bonds is 3. The molecule has 0 amide bonds. The Kier molecular flexibility index (Phi) is 6.45. The molecule has 0 spiro atoms. The van der Waals surface area contributed by atoms with Crippen LogP contribution in [0, 0.1) is 23.7 Å². The van der Waals surface area contributed by atoms with Gasteiger partial charge in [-0.05, 0) is 58.5 Å². The molecule has 32 heavy (non-hydrogen) atoms. The van der Waals surface area contributed by atoms with Crippen LogP contribution in [-0.4, -0.2) is 38.9 Å². The summed E-state index contributed by atoms with van der Waals surface area (Å²) in [6, 6.07) is 1.39. The fourth-order valence-corrected chi connectivity index (χ4v) is 26.6. The van der Waals surface area contributed by atoms with Crippen LogP contribution in [-0.2, 0) is 0 Å². The maximum absolute atomic E-state index is 3.10. The zero-order valence-electron chi connectivity index (χ0n) is 22.9. The molecule has 0 radical (unpaired) electrons. The summed E-state index contributed by atoms with van der Waals surface area (Å²) in [5, 5.41) is 0. The van der Waals surface area contributed by atoms with E-state index in [9.17, 15) is 0 Å². The van der Waals surface area contributed by atoms with Crippen molar-refractivity contribution in [3.8, 4) is 0 Å². The van der Waals surface area contributed by atoms with Gasteiger partial charge in [-0.15, -0.1) is 0 Å². The van der Waals surface area contributed by atoms with Crippen molar-refractivity contribution in [2.45, 2.75) is 153 Å². The van der Waals surface area contributed by atoms with E-state index < -0.39 is 15.2 Å². The Morgan fingerprint density at radius 3 is 1.38 bits per heavy atom. The highest BCUT2D eigenvalue weighted by Gasteiger charge is 2.69. The minimum Gasteiger partial charge on any atom is -0.337 e. The van der Waals surface area contributed by atoms with Crippen molar-refractivity contribution in [2.75, 3.05) is 0 Å². The van der Waals surface area contributed by atoms with E-state index in [0.717, 1.165) is 53.2 Å². The Morgan fingerprint density at radius 1 is 0.625 bits per heavy atom. The van der Waals surface area contributed by atoms with Gasteiger partial charge in [0.15, 0.2) is 0 Å². The molecule has 1 heterocycles. The summed E-state index contributed by atoms with van der Waals surface area (Å²) in [6.45, 7) is 22.8. The van der Waals surface area contributed by atoms with Crippen LogP contribution in [0.5, 0.6) is 0 Å². The summed E-state index contributed by atoms with van der Waals surface area (Å²) in [4.78, 5) is 3.10. The van der Waals surface area contributed by atoms with E-state index in [0.29, 0.717) is 12.1 Å². The lowest BCUT2D eigenvalue weighted by Gasteiger charge is -2.51. The monoisotopic (exact) mass is 471 g/mol. The lowest BCUT2D eigenvalue weighted by Crippen LogP contribution is -2.62. The second kappa shape index (κ2) is 8.54. The van der Waals surface area contributed by atoms with Gasteiger partial charge in [-0.2, -0.15) is 0 Å². The molecule has 1 aliphatic heterocycles. The molecule has 4 saturated carbocycles. The Balaban J connectivity index is 1.67. The Hall–Kier alpha value is 0.459. The van der Waals surface area contributed by atoms with E-state index in [1.54, 1.807) is 38.5 Å². The predicted molar refractivity (Wildman–Crippen MR) is 148 cm³/mol. The van der Waals surface area contributed by atoms with Gasteiger partial charge in [0.1, 0.15) is 0 Å². The van der Waals surface area contributed by atoms with Crippen LogP contribution >= 0.6 is 0 Å². The Bertz CT molecular complexity index is 635. The molecule has 0 N–H and O–H groups in total. The van der Waals surface area contributed by atoms with E-state index in [-0.39, 0.29) is 0 Å². The van der Waals surface area contributed by atoms with E-state index in [1.165, 1.54) is 25.7 Å². The maximum atomic E-state index is 3.10. The first-order chi connectivity index (χ1) is 15.1. The van der Waals surface area contributed by atoms with Crippen LogP contribution < -0.4 is 0 Å². The molecule has 6 unspecified atom stereocenters. The van der Waals surface area contributed by atoms with Gasteiger partial charge in [0, 0.05) is 15.2 Å². The number of hydrogen-bond acceptors (Lipinski definition) is 1. The van der Waals surface area contributed by atoms with Crippen molar-refractivity contribution in [1.29, 1.82) is 0 Å². The molecule has 0 aromatic heterocycles. The summed E-state index contributed by atoms with van der Waals surface area (Å²) in [5.74, 6) is 6.42. The molecular weight excluding hydrogens is 417 g/mol. The lowest BCUT2D eigenvalue weighted by atomic mass is 9.39. The second-order valence-corrected chi connectivity index (χ2v) is 30.8. The lowest BCUT2D eigenvalue weighted by molar-refractivity contribution is 0.273. The normalized spacial score (nSPS) is 44.9. The second-order valence-electron chi connectivity index (χ2n) is 14.8. The number of hydrogen-bond donors (Lipinski definition) is 0. The highest BCUT2D eigenvalue weighted by atomic mass is 29.3. The van der Waals surface area contributed by atoms with Crippen LogP contribution in [0.4, 0.5) is 0 Å². The molecule has 0 aromatic rings. The van der Waals surface area contributed by atoms with Crippen LogP contribution in [0.1, 0.15) is 91.9 Å². The largest absolute Gasteiger partial charge is 0.337 e.